The SMILES string of the molecule is O=C(NOCc1ccccc1)c1ccsc1. The highest BCUT2D eigenvalue weighted by molar-refractivity contribution is 7.08. The van der Waals surface area contributed by atoms with E-state index < -0.39 is 0 Å². The minimum Gasteiger partial charge on any atom is -0.269 e. The maximum Gasteiger partial charge on any atom is 0.275 e. The largest absolute Gasteiger partial charge is 0.275 e. The average molecular weight is 233 g/mol. The Bertz CT molecular complexity index is 439. The lowest BCUT2D eigenvalue weighted by Gasteiger charge is -2.04. The van der Waals surface area contributed by atoms with Gasteiger partial charge in [0.15, 0.2) is 0 Å². The summed E-state index contributed by atoms with van der Waals surface area (Å²) in [6.45, 7) is 0.372. The van der Waals surface area contributed by atoms with Crippen molar-refractivity contribution in [2.45, 2.75) is 6.61 Å². The standard InChI is InChI=1S/C12H11NO2S/c14-12(11-6-7-16-9-11)13-15-8-10-4-2-1-3-5-10/h1-7,9H,8H2,(H,13,14). The molecule has 2 rings (SSSR count). The zero-order valence-corrected chi connectivity index (χ0v) is 9.37. The molecule has 0 aliphatic rings. The number of carbonyl (C=O) groups excluding carboxylic acids is 1. The van der Waals surface area contributed by atoms with Gasteiger partial charge in [-0.15, -0.1) is 0 Å². The summed E-state index contributed by atoms with van der Waals surface area (Å²) in [5.41, 5.74) is 4.05. The van der Waals surface area contributed by atoms with Crippen LogP contribution in [0.2, 0.25) is 0 Å². The molecule has 0 saturated heterocycles. The van der Waals surface area contributed by atoms with Crippen molar-refractivity contribution in [1.29, 1.82) is 0 Å². The number of rotatable bonds is 4. The Morgan fingerprint density at radius 3 is 2.75 bits per heavy atom. The summed E-state index contributed by atoms with van der Waals surface area (Å²) in [6, 6.07) is 11.4. The summed E-state index contributed by atoms with van der Waals surface area (Å²) in [4.78, 5) is 16.6. The highest BCUT2D eigenvalue weighted by atomic mass is 32.1. The van der Waals surface area contributed by atoms with Crippen molar-refractivity contribution in [2.75, 3.05) is 0 Å². The zero-order valence-electron chi connectivity index (χ0n) is 8.55. The fraction of sp³-hybridized carbons (Fsp3) is 0.0833. The number of carbonyl (C=O) groups is 1. The van der Waals surface area contributed by atoms with Gasteiger partial charge in [-0.25, -0.2) is 5.48 Å². The van der Waals surface area contributed by atoms with E-state index in [1.165, 1.54) is 11.3 Å². The van der Waals surface area contributed by atoms with Gasteiger partial charge in [0, 0.05) is 5.38 Å². The normalized spacial score (nSPS) is 10.0. The molecular weight excluding hydrogens is 222 g/mol. The van der Waals surface area contributed by atoms with E-state index in [4.69, 9.17) is 4.84 Å². The molecule has 0 aliphatic heterocycles. The quantitative estimate of drug-likeness (QED) is 0.824. The lowest BCUT2D eigenvalue weighted by atomic mass is 10.2. The van der Waals surface area contributed by atoms with Crippen LogP contribution in [-0.4, -0.2) is 5.91 Å². The molecule has 1 N–H and O–H groups in total. The van der Waals surface area contributed by atoms with Gasteiger partial charge in [0.2, 0.25) is 0 Å². The Hall–Kier alpha value is -1.65. The maximum atomic E-state index is 11.5. The lowest BCUT2D eigenvalue weighted by Crippen LogP contribution is -2.22. The summed E-state index contributed by atoms with van der Waals surface area (Å²) in [5.74, 6) is -0.211. The number of thiophene rings is 1. The topological polar surface area (TPSA) is 38.3 Å². The molecule has 0 fully saturated rings. The van der Waals surface area contributed by atoms with Crippen molar-refractivity contribution in [3.05, 3.63) is 58.3 Å². The second-order valence-corrected chi connectivity index (χ2v) is 4.00. The summed E-state index contributed by atoms with van der Waals surface area (Å²) < 4.78 is 0. The van der Waals surface area contributed by atoms with Crippen LogP contribution < -0.4 is 5.48 Å². The molecule has 4 heteroatoms. The molecule has 0 atom stereocenters. The van der Waals surface area contributed by atoms with Crippen molar-refractivity contribution >= 4 is 17.2 Å². The summed E-state index contributed by atoms with van der Waals surface area (Å²) in [7, 11) is 0. The second-order valence-electron chi connectivity index (χ2n) is 3.22. The van der Waals surface area contributed by atoms with E-state index in [0.29, 0.717) is 12.2 Å². The van der Waals surface area contributed by atoms with Crippen molar-refractivity contribution in [1.82, 2.24) is 5.48 Å². The van der Waals surface area contributed by atoms with Crippen LogP contribution in [0, 0.1) is 0 Å². The monoisotopic (exact) mass is 233 g/mol. The molecule has 0 radical (unpaired) electrons. The number of benzene rings is 1. The first-order valence-corrected chi connectivity index (χ1v) is 5.79. The Labute approximate surface area is 97.6 Å². The molecule has 0 bridgehead atoms. The molecule has 2 aromatic rings. The number of hydroxylamine groups is 1. The molecule has 0 saturated carbocycles. The molecule has 82 valence electrons. The van der Waals surface area contributed by atoms with Crippen LogP contribution in [0.5, 0.6) is 0 Å². The lowest BCUT2D eigenvalue weighted by molar-refractivity contribution is 0.0234. The predicted octanol–water partition coefficient (Wildman–Crippen LogP) is 2.61. The zero-order chi connectivity index (χ0) is 11.2. The van der Waals surface area contributed by atoms with Gasteiger partial charge < -0.3 is 0 Å². The van der Waals surface area contributed by atoms with E-state index in [2.05, 4.69) is 5.48 Å². The molecule has 1 amide bonds. The first-order chi connectivity index (χ1) is 7.86. The second kappa shape index (κ2) is 5.44. The molecule has 16 heavy (non-hydrogen) atoms. The number of nitrogens with one attached hydrogen (secondary N) is 1. The predicted molar refractivity (Wildman–Crippen MR) is 63.0 cm³/mol. The van der Waals surface area contributed by atoms with Crippen LogP contribution in [0.4, 0.5) is 0 Å². The van der Waals surface area contributed by atoms with E-state index in [1.807, 2.05) is 35.7 Å². The van der Waals surface area contributed by atoms with Crippen LogP contribution in [0.15, 0.2) is 47.2 Å². The van der Waals surface area contributed by atoms with Crippen LogP contribution in [0.1, 0.15) is 15.9 Å². The third-order valence-corrected chi connectivity index (χ3v) is 2.71. The van der Waals surface area contributed by atoms with Crippen LogP contribution in [0.3, 0.4) is 0 Å². The highest BCUT2D eigenvalue weighted by Crippen LogP contribution is 2.05. The van der Waals surface area contributed by atoms with Crippen molar-refractivity contribution in [3.63, 3.8) is 0 Å². The third-order valence-electron chi connectivity index (χ3n) is 2.03. The van der Waals surface area contributed by atoms with Crippen LogP contribution in [-0.2, 0) is 11.4 Å². The summed E-state index contributed by atoms with van der Waals surface area (Å²) >= 11 is 1.48. The minimum atomic E-state index is -0.211. The molecule has 1 aromatic heterocycles. The van der Waals surface area contributed by atoms with Gasteiger partial charge in [0.25, 0.3) is 5.91 Å². The summed E-state index contributed by atoms with van der Waals surface area (Å²) in [5, 5.41) is 3.63. The Morgan fingerprint density at radius 1 is 1.25 bits per heavy atom. The first kappa shape index (κ1) is 10.9. The van der Waals surface area contributed by atoms with E-state index >= 15 is 0 Å². The van der Waals surface area contributed by atoms with E-state index in [9.17, 15) is 4.79 Å². The average Bonchev–Trinajstić information content (AvgIpc) is 2.84. The Balaban J connectivity index is 1.79. The molecule has 3 nitrogen and oxygen atoms in total. The molecule has 0 spiro atoms. The molecule has 0 unspecified atom stereocenters. The van der Waals surface area contributed by atoms with Gasteiger partial charge in [-0.2, -0.15) is 11.3 Å². The first-order valence-electron chi connectivity index (χ1n) is 4.84. The van der Waals surface area contributed by atoms with Gasteiger partial charge in [0.05, 0.1) is 12.2 Å². The fourth-order valence-corrected chi connectivity index (χ4v) is 1.85. The smallest absolute Gasteiger partial charge is 0.269 e. The van der Waals surface area contributed by atoms with E-state index in [0.717, 1.165) is 5.56 Å². The molecular formula is C12H11NO2S. The van der Waals surface area contributed by atoms with Crippen LogP contribution >= 0.6 is 11.3 Å². The number of amides is 1. The van der Waals surface area contributed by atoms with Crippen LogP contribution in [0.25, 0.3) is 0 Å². The van der Waals surface area contributed by atoms with Gasteiger partial charge >= 0.3 is 0 Å². The number of hydrogen-bond acceptors (Lipinski definition) is 3. The number of hydrogen-bond donors (Lipinski definition) is 1. The van der Waals surface area contributed by atoms with Gasteiger partial charge in [0.1, 0.15) is 0 Å². The van der Waals surface area contributed by atoms with Gasteiger partial charge in [-0.1, -0.05) is 30.3 Å². The highest BCUT2D eigenvalue weighted by Gasteiger charge is 2.04. The van der Waals surface area contributed by atoms with Crippen molar-refractivity contribution in [2.24, 2.45) is 0 Å². The van der Waals surface area contributed by atoms with Gasteiger partial charge in [-0.05, 0) is 17.0 Å². The van der Waals surface area contributed by atoms with Crippen molar-refractivity contribution in [3.8, 4) is 0 Å². The minimum absolute atomic E-state index is 0.211. The van der Waals surface area contributed by atoms with Crippen molar-refractivity contribution < 1.29 is 9.63 Å². The molecule has 1 aromatic carbocycles. The molecule has 1 heterocycles. The third kappa shape index (κ3) is 2.92. The Kier molecular flexibility index (Phi) is 3.69. The Morgan fingerprint density at radius 2 is 2.06 bits per heavy atom. The van der Waals surface area contributed by atoms with Gasteiger partial charge in [-0.3, -0.25) is 9.63 Å². The van der Waals surface area contributed by atoms with E-state index in [-0.39, 0.29) is 5.91 Å². The molecule has 0 aliphatic carbocycles. The summed E-state index contributed by atoms with van der Waals surface area (Å²) in [6.07, 6.45) is 0. The maximum absolute atomic E-state index is 11.5. The van der Waals surface area contributed by atoms with E-state index in [1.54, 1.807) is 11.4 Å². The fourth-order valence-electron chi connectivity index (χ4n) is 1.21.